The smallest absolute Gasteiger partial charge is 0.165 e. The van der Waals surface area contributed by atoms with Crippen LogP contribution in [0.25, 0.3) is 11.1 Å². The first-order valence-corrected chi connectivity index (χ1v) is 11.1. The van der Waals surface area contributed by atoms with Gasteiger partial charge in [0.2, 0.25) is 0 Å². The molecule has 4 N–H and O–H groups in total. The van der Waals surface area contributed by atoms with Crippen molar-refractivity contribution in [3.8, 4) is 0 Å². The van der Waals surface area contributed by atoms with Gasteiger partial charge in [0.15, 0.2) is 11.6 Å². The molecule has 0 radical (unpaired) electrons. The molecule has 0 unspecified atom stereocenters. The molecule has 0 saturated heterocycles. The van der Waals surface area contributed by atoms with Crippen LogP contribution in [0, 0.1) is 10.8 Å². The van der Waals surface area contributed by atoms with E-state index in [1.165, 1.54) is 0 Å². The first-order chi connectivity index (χ1) is 15.0. The zero-order chi connectivity index (χ0) is 23.5. The molecule has 2 aromatic rings. The van der Waals surface area contributed by atoms with Gasteiger partial charge in [-0.15, -0.1) is 0 Å². The molecule has 0 aromatic heterocycles. The quantitative estimate of drug-likeness (QED) is 0.659. The summed E-state index contributed by atoms with van der Waals surface area (Å²) < 4.78 is 0. The third kappa shape index (κ3) is 5.56. The Morgan fingerprint density at radius 3 is 1.16 bits per heavy atom. The van der Waals surface area contributed by atoms with Crippen LogP contribution in [0.15, 0.2) is 72.1 Å². The number of rotatable bonds is 2. The van der Waals surface area contributed by atoms with Crippen molar-refractivity contribution in [3.05, 3.63) is 83.2 Å². The fourth-order valence-electron chi connectivity index (χ4n) is 4.64. The number of allylic oxidation sites excluding steroid dienone is 4. The molecule has 168 valence electrons. The summed E-state index contributed by atoms with van der Waals surface area (Å²) in [5, 5.41) is 0. The summed E-state index contributed by atoms with van der Waals surface area (Å²) in [6, 6.07) is 19.4. The Balaban J connectivity index is 0.000000181. The second-order valence-electron chi connectivity index (χ2n) is 10.4. The molecule has 2 aromatic carbocycles. The van der Waals surface area contributed by atoms with Gasteiger partial charge in [0.1, 0.15) is 0 Å². The van der Waals surface area contributed by atoms with E-state index in [2.05, 4.69) is 27.7 Å². The second kappa shape index (κ2) is 9.15. The lowest BCUT2D eigenvalue weighted by atomic mass is 9.74. The maximum atomic E-state index is 12.1. The number of benzene rings is 2. The van der Waals surface area contributed by atoms with Gasteiger partial charge in [-0.05, 0) is 34.8 Å². The van der Waals surface area contributed by atoms with Gasteiger partial charge in [0.05, 0.1) is 0 Å². The number of Topliss-reactive ketones (excluding diaryl/α,β-unsaturated/α-hetero) is 2. The van der Waals surface area contributed by atoms with E-state index in [0.717, 1.165) is 46.5 Å². The Bertz CT molecular complexity index is 974. The van der Waals surface area contributed by atoms with Crippen LogP contribution in [-0.2, 0) is 9.59 Å². The minimum Gasteiger partial charge on any atom is -0.401 e. The standard InChI is InChI=1S/2C14H17NO/c2*1-14(2)8-11(15)13(12(16)9-14)10-6-4-3-5-7-10/h2*3-7H,8-9,15H2,1-2H3. The number of carbonyl (C=O) groups is 2. The summed E-state index contributed by atoms with van der Waals surface area (Å²) in [4.78, 5) is 24.2. The van der Waals surface area contributed by atoms with Crippen molar-refractivity contribution in [2.75, 3.05) is 0 Å². The molecular formula is C28H34N2O2. The Labute approximate surface area is 191 Å². The van der Waals surface area contributed by atoms with E-state index in [1.54, 1.807) is 0 Å². The van der Waals surface area contributed by atoms with Crippen LogP contribution in [0.5, 0.6) is 0 Å². The summed E-state index contributed by atoms with van der Waals surface area (Å²) >= 11 is 0. The second-order valence-corrected chi connectivity index (χ2v) is 10.4. The zero-order valence-electron chi connectivity index (χ0n) is 19.6. The Hall–Kier alpha value is -3.14. The van der Waals surface area contributed by atoms with Gasteiger partial charge < -0.3 is 11.5 Å². The van der Waals surface area contributed by atoms with Crippen LogP contribution in [0.1, 0.15) is 64.5 Å². The van der Waals surface area contributed by atoms with Crippen molar-refractivity contribution >= 4 is 22.7 Å². The molecule has 4 nitrogen and oxygen atoms in total. The van der Waals surface area contributed by atoms with Crippen molar-refractivity contribution in [1.29, 1.82) is 0 Å². The average molecular weight is 431 g/mol. The fraction of sp³-hybridized carbons (Fsp3) is 0.357. The number of nitrogens with two attached hydrogens (primary N) is 2. The van der Waals surface area contributed by atoms with Crippen molar-refractivity contribution in [2.45, 2.75) is 53.4 Å². The summed E-state index contributed by atoms with van der Waals surface area (Å²) in [5.41, 5.74) is 16.9. The lowest BCUT2D eigenvalue weighted by Crippen LogP contribution is -2.28. The molecule has 0 fully saturated rings. The fourth-order valence-corrected chi connectivity index (χ4v) is 4.64. The lowest BCUT2D eigenvalue weighted by molar-refractivity contribution is -0.116. The highest BCUT2D eigenvalue weighted by Crippen LogP contribution is 2.39. The van der Waals surface area contributed by atoms with E-state index in [1.807, 2.05) is 60.7 Å². The first kappa shape index (κ1) is 23.5. The molecule has 0 atom stereocenters. The Morgan fingerprint density at radius 1 is 0.562 bits per heavy atom. The van der Waals surface area contributed by atoms with Crippen molar-refractivity contribution < 1.29 is 9.59 Å². The van der Waals surface area contributed by atoms with Gasteiger partial charge in [-0.3, -0.25) is 9.59 Å². The highest BCUT2D eigenvalue weighted by Gasteiger charge is 2.33. The van der Waals surface area contributed by atoms with E-state index in [0.29, 0.717) is 12.8 Å². The van der Waals surface area contributed by atoms with E-state index in [9.17, 15) is 9.59 Å². The van der Waals surface area contributed by atoms with Gasteiger partial charge in [-0.2, -0.15) is 0 Å². The third-order valence-electron chi connectivity index (χ3n) is 5.94. The van der Waals surface area contributed by atoms with Crippen molar-refractivity contribution in [2.24, 2.45) is 22.3 Å². The molecular weight excluding hydrogens is 396 g/mol. The third-order valence-corrected chi connectivity index (χ3v) is 5.94. The van der Waals surface area contributed by atoms with Crippen LogP contribution in [0.4, 0.5) is 0 Å². The predicted octanol–water partition coefficient (Wildman–Crippen LogP) is 5.49. The molecule has 0 bridgehead atoms. The SMILES string of the molecule is CC1(C)CC(=O)C(c2ccccc2)=C(N)C1.CC1(C)CC(=O)C(c2ccccc2)=C(N)C1. The van der Waals surface area contributed by atoms with Gasteiger partial charge >= 0.3 is 0 Å². The van der Waals surface area contributed by atoms with Crippen LogP contribution >= 0.6 is 0 Å². The van der Waals surface area contributed by atoms with E-state index < -0.39 is 0 Å². The topological polar surface area (TPSA) is 86.2 Å². The molecule has 0 saturated carbocycles. The van der Waals surface area contributed by atoms with Crippen molar-refractivity contribution in [1.82, 2.24) is 0 Å². The maximum absolute atomic E-state index is 12.1. The van der Waals surface area contributed by atoms with Gasteiger partial charge in [0.25, 0.3) is 0 Å². The molecule has 0 spiro atoms. The molecule has 2 aliphatic rings. The minimum absolute atomic E-state index is 0.000549. The van der Waals surface area contributed by atoms with Gasteiger partial charge in [-0.25, -0.2) is 0 Å². The van der Waals surface area contributed by atoms with Gasteiger partial charge in [-0.1, -0.05) is 88.4 Å². The van der Waals surface area contributed by atoms with E-state index >= 15 is 0 Å². The monoisotopic (exact) mass is 430 g/mol. The predicted molar refractivity (Wildman–Crippen MR) is 131 cm³/mol. The molecule has 4 rings (SSSR count). The molecule has 0 amide bonds. The van der Waals surface area contributed by atoms with E-state index in [-0.39, 0.29) is 22.4 Å². The summed E-state index contributed by atoms with van der Waals surface area (Å²) in [7, 11) is 0. The number of ketones is 2. The minimum atomic E-state index is -0.000549. The zero-order valence-corrected chi connectivity index (χ0v) is 19.6. The highest BCUT2D eigenvalue weighted by molar-refractivity contribution is 6.23. The normalized spacial score (nSPS) is 20.0. The highest BCUT2D eigenvalue weighted by atomic mass is 16.1. The summed E-state index contributed by atoms with van der Waals surface area (Å²) in [5.74, 6) is 0.333. The lowest BCUT2D eigenvalue weighted by Gasteiger charge is -2.30. The van der Waals surface area contributed by atoms with E-state index in [4.69, 9.17) is 11.5 Å². The van der Waals surface area contributed by atoms with Crippen LogP contribution in [0.3, 0.4) is 0 Å². The maximum Gasteiger partial charge on any atom is 0.165 e. The van der Waals surface area contributed by atoms with Crippen LogP contribution in [0.2, 0.25) is 0 Å². The molecule has 4 heteroatoms. The first-order valence-electron chi connectivity index (χ1n) is 11.1. The Morgan fingerprint density at radius 2 is 0.875 bits per heavy atom. The molecule has 2 aliphatic carbocycles. The number of carbonyl (C=O) groups excluding carboxylic acids is 2. The number of hydrogen-bond acceptors (Lipinski definition) is 4. The largest absolute Gasteiger partial charge is 0.401 e. The van der Waals surface area contributed by atoms with Gasteiger partial charge in [0, 0.05) is 35.4 Å². The summed E-state index contributed by atoms with van der Waals surface area (Å²) in [6.45, 7) is 8.33. The molecule has 32 heavy (non-hydrogen) atoms. The molecule has 0 aliphatic heterocycles. The number of hydrogen-bond donors (Lipinski definition) is 2. The Kier molecular flexibility index (Phi) is 6.73. The van der Waals surface area contributed by atoms with Crippen molar-refractivity contribution in [3.63, 3.8) is 0 Å². The van der Waals surface area contributed by atoms with Crippen LogP contribution < -0.4 is 11.5 Å². The average Bonchev–Trinajstić information content (AvgIpc) is 2.67. The van der Waals surface area contributed by atoms with Crippen LogP contribution in [-0.4, -0.2) is 11.6 Å². The molecule has 0 heterocycles. The summed E-state index contributed by atoms with van der Waals surface area (Å²) in [6.07, 6.45) is 2.75.